The van der Waals surface area contributed by atoms with E-state index in [4.69, 9.17) is 4.74 Å². The first kappa shape index (κ1) is 15.2. The molecule has 22 heavy (non-hydrogen) atoms. The normalized spacial score (nSPS) is 15.8. The van der Waals surface area contributed by atoms with Gasteiger partial charge in [0, 0.05) is 49.5 Å². The van der Waals surface area contributed by atoms with Crippen LogP contribution in [0.5, 0.6) is 5.88 Å². The van der Waals surface area contributed by atoms with Crippen molar-refractivity contribution in [2.45, 2.75) is 6.54 Å². The zero-order valence-corrected chi connectivity index (χ0v) is 14.2. The van der Waals surface area contributed by atoms with Crippen LogP contribution in [0.15, 0.2) is 41.0 Å². The monoisotopic (exact) mass is 362 g/mol. The van der Waals surface area contributed by atoms with E-state index in [9.17, 15) is 0 Å². The lowest BCUT2D eigenvalue weighted by Crippen LogP contribution is -2.46. The fourth-order valence-corrected chi connectivity index (χ4v) is 3.04. The summed E-state index contributed by atoms with van der Waals surface area (Å²) in [6, 6.07) is 10.3. The first-order valence-electron chi connectivity index (χ1n) is 7.33. The van der Waals surface area contributed by atoms with Crippen LogP contribution in [0, 0.1) is 0 Å². The van der Waals surface area contributed by atoms with E-state index in [1.807, 2.05) is 0 Å². The molecular formula is C16H19BrN4O. The Kier molecular flexibility index (Phi) is 4.90. The Morgan fingerprint density at radius 2 is 2.00 bits per heavy atom. The summed E-state index contributed by atoms with van der Waals surface area (Å²) in [6.07, 6.45) is 1.75. The Hall–Kier alpha value is -1.66. The van der Waals surface area contributed by atoms with Crippen LogP contribution in [0.25, 0.3) is 0 Å². The molecule has 2 aromatic rings. The molecule has 2 heterocycles. The number of rotatable bonds is 4. The molecule has 1 aliphatic heterocycles. The summed E-state index contributed by atoms with van der Waals surface area (Å²) in [5.41, 5.74) is 1.33. The van der Waals surface area contributed by atoms with Crippen LogP contribution in [-0.2, 0) is 6.54 Å². The second-order valence-corrected chi connectivity index (χ2v) is 6.21. The quantitative estimate of drug-likeness (QED) is 0.835. The van der Waals surface area contributed by atoms with E-state index >= 15 is 0 Å². The molecule has 0 bridgehead atoms. The van der Waals surface area contributed by atoms with Crippen LogP contribution in [0.4, 0.5) is 5.95 Å². The molecule has 116 valence electrons. The lowest BCUT2D eigenvalue weighted by atomic mass is 10.2. The van der Waals surface area contributed by atoms with E-state index < -0.39 is 0 Å². The highest BCUT2D eigenvalue weighted by Crippen LogP contribution is 2.17. The van der Waals surface area contributed by atoms with Crippen molar-refractivity contribution in [2.24, 2.45) is 0 Å². The van der Waals surface area contributed by atoms with Crippen LogP contribution in [0.3, 0.4) is 0 Å². The molecule has 0 atom stereocenters. The zero-order chi connectivity index (χ0) is 15.4. The highest BCUT2D eigenvalue weighted by Gasteiger charge is 2.19. The lowest BCUT2D eigenvalue weighted by Gasteiger charge is -2.34. The maximum Gasteiger partial charge on any atom is 0.228 e. The molecule has 0 amide bonds. The largest absolute Gasteiger partial charge is 0.481 e. The van der Waals surface area contributed by atoms with Gasteiger partial charge in [0.2, 0.25) is 11.8 Å². The molecule has 0 unspecified atom stereocenters. The molecule has 0 spiro atoms. The van der Waals surface area contributed by atoms with E-state index in [-0.39, 0.29) is 0 Å². The van der Waals surface area contributed by atoms with Gasteiger partial charge >= 0.3 is 0 Å². The fraction of sp³-hybridized carbons (Fsp3) is 0.375. The SMILES string of the molecule is COc1ccnc(N2CCN(Cc3cccc(Br)c3)CC2)n1. The van der Waals surface area contributed by atoms with Gasteiger partial charge in [-0.1, -0.05) is 28.1 Å². The number of ether oxygens (including phenoxy) is 1. The molecular weight excluding hydrogens is 344 g/mol. The maximum atomic E-state index is 5.16. The molecule has 0 radical (unpaired) electrons. The number of benzene rings is 1. The summed E-state index contributed by atoms with van der Waals surface area (Å²) in [5, 5.41) is 0. The second kappa shape index (κ2) is 7.07. The molecule has 0 N–H and O–H groups in total. The minimum absolute atomic E-state index is 0.613. The third kappa shape index (κ3) is 3.75. The summed E-state index contributed by atoms with van der Waals surface area (Å²) in [4.78, 5) is 13.4. The van der Waals surface area contributed by atoms with E-state index in [0.29, 0.717) is 5.88 Å². The minimum atomic E-state index is 0.613. The number of piperazine rings is 1. The standard InChI is InChI=1S/C16H19BrN4O/c1-22-15-5-6-18-16(19-15)21-9-7-20(8-10-21)12-13-3-2-4-14(17)11-13/h2-6,11H,7-10,12H2,1H3. The number of nitrogens with zero attached hydrogens (tertiary/aromatic N) is 4. The number of halogens is 1. The van der Waals surface area contributed by atoms with E-state index in [2.05, 4.69) is 60.0 Å². The molecule has 0 aliphatic carbocycles. The molecule has 1 fully saturated rings. The predicted molar refractivity (Wildman–Crippen MR) is 90.2 cm³/mol. The summed E-state index contributed by atoms with van der Waals surface area (Å²) in [6.45, 7) is 4.86. The molecule has 5 nitrogen and oxygen atoms in total. The average Bonchev–Trinajstić information content (AvgIpc) is 2.56. The summed E-state index contributed by atoms with van der Waals surface area (Å²) < 4.78 is 6.30. The first-order valence-corrected chi connectivity index (χ1v) is 8.13. The second-order valence-electron chi connectivity index (χ2n) is 5.29. The van der Waals surface area contributed by atoms with Gasteiger partial charge in [-0.05, 0) is 17.7 Å². The topological polar surface area (TPSA) is 41.5 Å². The van der Waals surface area contributed by atoms with Crippen molar-refractivity contribution >= 4 is 21.9 Å². The first-order chi connectivity index (χ1) is 10.7. The van der Waals surface area contributed by atoms with Gasteiger partial charge in [0.25, 0.3) is 0 Å². The van der Waals surface area contributed by atoms with Crippen LogP contribution in [-0.4, -0.2) is 48.2 Å². The molecule has 0 saturated carbocycles. The maximum absolute atomic E-state index is 5.16. The Bertz CT molecular complexity index is 629. The van der Waals surface area contributed by atoms with Crippen molar-refractivity contribution in [1.82, 2.24) is 14.9 Å². The van der Waals surface area contributed by atoms with Crippen LogP contribution in [0.1, 0.15) is 5.56 Å². The third-order valence-corrected chi connectivity index (χ3v) is 4.27. The van der Waals surface area contributed by atoms with Gasteiger partial charge in [0.1, 0.15) is 0 Å². The van der Waals surface area contributed by atoms with E-state index in [1.54, 1.807) is 19.4 Å². The predicted octanol–water partition coefficient (Wildman–Crippen LogP) is 2.57. The summed E-state index contributed by atoms with van der Waals surface area (Å²) in [7, 11) is 1.63. The Labute approximate surface area is 139 Å². The highest BCUT2D eigenvalue weighted by atomic mass is 79.9. The van der Waals surface area contributed by atoms with Crippen LogP contribution in [0.2, 0.25) is 0 Å². The highest BCUT2D eigenvalue weighted by molar-refractivity contribution is 9.10. The third-order valence-electron chi connectivity index (χ3n) is 3.78. The van der Waals surface area contributed by atoms with Gasteiger partial charge in [-0.15, -0.1) is 0 Å². The van der Waals surface area contributed by atoms with Crippen molar-refractivity contribution in [3.05, 3.63) is 46.6 Å². The smallest absolute Gasteiger partial charge is 0.228 e. The zero-order valence-electron chi connectivity index (χ0n) is 12.6. The number of aromatic nitrogens is 2. The molecule has 1 saturated heterocycles. The Morgan fingerprint density at radius 1 is 1.18 bits per heavy atom. The summed E-state index contributed by atoms with van der Waals surface area (Å²) in [5.74, 6) is 1.36. The Balaban J connectivity index is 1.58. The number of anilines is 1. The number of methoxy groups -OCH3 is 1. The lowest BCUT2D eigenvalue weighted by molar-refractivity contribution is 0.248. The van der Waals surface area contributed by atoms with Crippen LogP contribution >= 0.6 is 15.9 Å². The van der Waals surface area contributed by atoms with E-state index in [0.717, 1.165) is 43.1 Å². The number of hydrogen-bond acceptors (Lipinski definition) is 5. The van der Waals surface area contributed by atoms with Crippen molar-refractivity contribution < 1.29 is 4.74 Å². The van der Waals surface area contributed by atoms with E-state index in [1.165, 1.54) is 5.56 Å². The molecule has 1 aliphatic rings. The van der Waals surface area contributed by atoms with Crippen LogP contribution < -0.4 is 9.64 Å². The van der Waals surface area contributed by atoms with Crippen molar-refractivity contribution in [3.63, 3.8) is 0 Å². The minimum Gasteiger partial charge on any atom is -0.481 e. The summed E-state index contributed by atoms with van der Waals surface area (Å²) >= 11 is 3.53. The van der Waals surface area contributed by atoms with Gasteiger partial charge in [-0.25, -0.2) is 4.98 Å². The van der Waals surface area contributed by atoms with Crippen molar-refractivity contribution in [3.8, 4) is 5.88 Å². The van der Waals surface area contributed by atoms with Gasteiger partial charge in [-0.3, -0.25) is 4.90 Å². The van der Waals surface area contributed by atoms with Gasteiger partial charge in [-0.2, -0.15) is 4.98 Å². The average molecular weight is 363 g/mol. The van der Waals surface area contributed by atoms with Crippen molar-refractivity contribution in [2.75, 3.05) is 38.2 Å². The molecule has 3 rings (SSSR count). The van der Waals surface area contributed by atoms with Crippen molar-refractivity contribution in [1.29, 1.82) is 0 Å². The Morgan fingerprint density at radius 3 is 2.73 bits per heavy atom. The molecule has 6 heteroatoms. The molecule has 1 aromatic heterocycles. The van der Waals surface area contributed by atoms with Gasteiger partial charge in [0.05, 0.1) is 7.11 Å². The number of hydrogen-bond donors (Lipinski definition) is 0. The molecule has 1 aromatic carbocycles. The van der Waals surface area contributed by atoms with Gasteiger partial charge < -0.3 is 9.64 Å². The fourth-order valence-electron chi connectivity index (χ4n) is 2.60. The van der Waals surface area contributed by atoms with Gasteiger partial charge in [0.15, 0.2) is 0 Å².